The van der Waals surface area contributed by atoms with Crippen LogP contribution in [0.2, 0.25) is 0 Å². The maximum atomic E-state index is 6.21. The number of nitrogen functional groups attached to an aromatic ring is 1. The van der Waals surface area contributed by atoms with Crippen molar-refractivity contribution in [2.75, 3.05) is 5.73 Å². The number of pyridine rings is 1. The molecule has 0 bridgehead atoms. The third kappa shape index (κ3) is 2.02. The van der Waals surface area contributed by atoms with E-state index in [-0.39, 0.29) is 0 Å². The summed E-state index contributed by atoms with van der Waals surface area (Å²) in [7, 11) is 0. The largest absolute Gasteiger partial charge is 0.383 e. The molecule has 3 nitrogen and oxygen atoms in total. The summed E-state index contributed by atoms with van der Waals surface area (Å²) < 4.78 is 2.94. The lowest BCUT2D eigenvalue weighted by molar-refractivity contribution is 1.16. The lowest BCUT2D eigenvalue weighted by atomic mass is 10.1. The summed E-state index contributed by atoms with van der Waals surface area (Å²) in [6, 6.07) is 10.3. The number of hydrogen-bond acceptors (Lipinski definition) is 2. The summed E-state index contributed by atoms with van der Waals surface area (Å²) in [5.74, 6) is 0.666. The summed E-state index contributed by atoms with van der Waals surface area (Å²) in [6.07, 6.45) is 1.96. The molecule has 3 aromatic rings. The van der Waals surface area contributed by atoms with Gasteiger partial charge in [0.2, 0.25) is 0 Å². The van der Waals surface area contributed by atoms with Gasteiger partial charge in [0.05, 0.1) is 0 Å². The molecule has 0 atom stereocenters. The Morgan fingerprint density at radius 2 is 1.84 bits per heavy atom. The van der Waals surface area contributed by atoms with Gasteiger partial charge < -0.3 is 5.73 Å². The number of nitrogens with zero attached hydrogens (tertiary/aromatic N) is 2. The number of benzene rings is 1. The fourth-order valence-corrected chi connectivity index (χ4v) is 2.42. The quantitative estimate of drug-likeness (QED) is 0.738. The van der Waals surface area contributed by atoms with Crippen LogP contribution < -0.4 is 5.73 Å². The van der Waals surface area contributed by atoms with Gasteiger partial charge in [0.15, 0.2) is 0 Å². The summed E-state index contributed by atoms with van der Waals surface area (Å²) in [6.45, 7) is 4.11. The second kappa shape index (κ2) is 4.38. The van der Waals surface area contributed by atoms with Gasteiger partial charge in [0.25, 0.3) is 0 Å². The molecule has 0 aliphatic rings. The van der Waals surface area contributed by atoms with Crippen LogP contribution in [0.15, 0.2) is 41.0 Å². The average Bonchev–Trinajstić information content (AvgIpc) is 2.69. The molecule has 96 valence electrons. The minimum absolute atomic E-state index is 0.666. The van der Waals surface area contributed by atoms with E-state index in [9.17, 15) is 0 Å². The first-order chi connectivity index (χ1) is 9.06. The topological polar surface area (TPSA) is 43.3 Å². The van der Waals surface area contributed by atoms with Crippen LogP contribution in [0.5, 0.6) is 0 Å². The minimum Gasteiger partial charge on any atom is -0.383 e. The number of rotatable bonds is 1. The number of aromatic nitrogens is 2. The lowest BCUT2D eigenvalue weighted by Gasteiger charge is -2.01. The van der Waals surface area contributed by atoms with Crippen LogP contribution in [0.1, 0.15) is 11.1 Å². The zero-order valence-corrected chi connectivity index (χ0v) is 12.4. The molecule has 0 aliphatic carbocycles. The van der Waals surface area contributed by atoms with Crippen LogP contribution >= 0.6 is 15.9 Å². The SMILES string of the molecule is Cc1ccc(-c2nc3cc(C)c(Br)cn3c2N)cc1. The maximum absolute atomic E-state index is 6.21. The van der Waals surface area contributed by atoms with Gasteiger partial charge in [-0.25, -0.2) is 4.98 Å². The first-order valence-corrected chi connectivity index (χ1v) is 6.86. The Labute approximate surface area is 120 Å². The van der Waals surface area contributed by atoms with E-state index in [1.807, 2.05) is 23.6 Å². The number of anilines is 1. The summed E-state index contributed by atoms with van der Waals surface area (Å²) in [5.41, 5.74) is 11.3. The van der Waals surface area contributed by atoms with Crippen LogP contribution in [-0.4, -0.2) is 9.38 Å². The zero-order valence-electron chi connectivity index (χ0n) is 10.8. The molecule has 2 aromatic heterocycles. The van der Waals surface area contributed by atoms with E-state index >= 15 is 0 Å². The van der Waals surface area contributed by atoms with Gasteiger partial charge >= 0.3 is 0 Å². The minimum atomic E-state index is 0.666. The van der Waals surface area contributed by atoms with Crippen molar-refractivity contribution in [1.82, 2.24) is 9.38 Å². The van der Waals surface area contributed by atoms with E-state index in [0.717, 1.165) is 26.9 Å². The highest BCUT2D eigenvalue weighted by atomic mass is 79.9. The predicted molar refractivity (Wildman–Crippen MR) is 82.2 cm³/mol. The van der Waals surface area contributed by atoms with Gasteiger partial charge in [0, 0.05) is 16.2 Å². The molecule has 0 fully saturated rings. The van der Waals surface area contributed by atoms with E-state index < -0.39 is 0 Å². The molecular formula is C15H14BrN3. The van der Waals surface area contributed by atoms with Crippen molar-refractivity contribution in [1.29, 1.82) is 0 Å². The fourth-order valence-electron chi connectivity index (χ4n) is 2.10. The standard InChI is InChI=1S/C15H14BrN3/c1-9-3-5-11(6-4-9)14-15(17)19-8-12(16)10(2)7-13(19)18-14/h3-8H,17H2,1-2H3. The monoisotopic (exact) mass is 315 g/mol. The molecule has 0 amide bonds. The number of halogens is 1. The second-order valence-corrected chi connectivity index (χ2v) is 5.60. The Hall–Kier alpha value is -1.81. The van der Waals surface area contributed by atoms with Crippen LogP contribution in [0.25, 0.3) is 16.9 Å². The summed E-state index contributed by atoms with van der Waals surface area (Å²) in [4.78, 5) is 4.63. The zero-order chi connectivity index (χ0) is 13.6. The van der Waals surface area contributed by atoms with Crippen molar-refractivity contribution in [3.05, 3.63) is 52.1 Å². The highest BCUT2D eigenvalue weighted by Gasteiger charge is 2.12. The molecule has 2 N–H and O–H groups in total. The van der Waals surface area contributed by atoms with E-state index in [2.05, 4.69) is 52.1 Å². The van der Waals surface area contributed by atoms with Gasteiger partial charge in [-0.2, -0.15) is 0 Å². The molecule has 0 unspecified atom stereocenters. The van der Waals surface area contributed by atoms with Crippen molar-refractivity contribution in [2.24, 2.45) is 0 Å². The number of aryl methyl sites for hydroxylation is 2. The van der Waals surface area contributed by atoms with E-state index in [1.165, 1.54) is 5.56 Å². The number of hydrogen-bond donors (Lipinski definition) is 1. The Kier molecular flexibility index (Phi) is 2.82. The highest BCUT2D eigenvalue weighted by molar-refractivity contribution is 9.10. The van der Waals surface area contributed by atoms with Gasteiger partial charge in [-0.3, -0.25) is 4.40 Å². The smallest absolute Gasteiger partial charge is 0.139 e. The van der Waals surface area contributed by atoms with Gasteiger partial charge in [-0.05, 0) is 41.4 Å². The molecular weight excluding hydrogens is 302 g/mol. The average molecular weight is 316 g/mol. The first-order valence-electron chi connectivity index (χ1n) is 6.07. The number of nitrogens with two attached hydrogens (primary N) is 1. The Balaban J connectivity index is 2.25. The van der Waals surface area contributed by atoms with E-state index in [1.54, 1.807) is 0 Å². The molecule has 19 heavy (non-hydrogen) atoms. The van der Waals surface area contributed by atoms with Gasteiger partial charge in [-0.1, -0.05) is 29.8 Å². The molecule has 0 radical (unpaired) electrons. The van der Waals surface area contributed by atoms with Gasteiger partial charge in [-0.15, -0.1) is 0 Å². The van der Waals surface area contributed by atoms with E-state index in [4.69, 9.17) is 5.73 Å². The third-order valence-corrected chi connectivity index (χ3v) is 4.10. The Morgan fingerprint density at radius 3 is 2.53 bits per heavy atom. The molecule has 0 aliphatic heterocycles. The van der Waals surface area contributed by atoms with E-state index in [0.29, 0.717) is 5.82 Å². The van der Waals surface area contributed by atoms with Crippen molar-refractivity contribution in [2.45, 2.75) is 13.8 Å². The molecule has 0 spiro atoms. The molecule has 2 heterocycles. The lowest BCUT2D eigenvalue weighted by Crippen LogP contribution is -1.94. The van der Waals surface area contributed by atoms with Crippen molar-refractivity contribution < 1.29 is 0 Å². The van der Waals surface area contributed by atoms with Crippen LogP contribution in [-0.2, 0) is 0 Å². The molecule has 1 aromatic carbocycles. The maximum Gasteiger partial charge on any atom is 0.139 e. The normalized spacial score (nSPS) is 11.1. The highest BCUT2D eigenvalue weighted by Crippen LogP contribution is 2.28. The Morgan fingerprint density at radius 1 is 1.16 bits per heavy atom. The number of imidazole rings is 1. The second-order valence-electron chi connectivity index (χ2n) is 4.74. The van der Waals surface area contributed by atoms with Gasteiger partial charge in [0.1, 0.15) is 17.2 Å². The number of fused-ring (bicyclic) bond motifs is 1. The molecule has 0 saturated heterocycles. The molecule has 4 heteroatoms. The first kappa shape index (κ1) is 12.2. The Bertz CT molecular complexity index is 757. The summed E-state index contributed by atoms with van der Waals surface area (Å²) in [5, 5.41) is 0. The van der Waals surface area contributed by atoms with Crippen molar-refractivity contribution >= 4 is 27.4 Å². The predicted octanol–water partition coefficient (Wildman–Crippen LogP) is 3.96. The van der Waals surface area contributed by atoms with Crippen LogP contribution in [0.3, 0.4) is 0 Å². The summed E-state index contributed by atoms with van der Waals surface area (Å²) >= 11 is 3.52. The van der Waals surface area contributed by atoms with Crippen LogP contribution in [0.4, 0.5) is 5.82 Å². The third-order valence-electron chi connectivity index (χ3n) is 3.27. The van der Waals surface area contributed by atoms with Crippen molar-refractivity contribution in [3.8, 4) is 11.3 Å². The van der Waals surface area contributed by atoms with Crippen LogP contribution in [0, 0.1) is 13.8 Å². The molecule has 0 saturated carbocycles. The fraction of sp³-hybridized carbons (Fsp3) is 0.133. The molecule has 3 rings (SSSR count). The van der Waals surface area contributed by atoms with Crippen molar-refractivity contribution in [3.63, 3.8) is 0 Å².